The Labute approximate surface area is 219 Å². The Bertz CT molecular complexity index is 1240. The summed E-state index contributed by atoms with van der Waals surface area (Å²) >= 11 is 0. The van der Waals surface area contributed by atoms with Gasteiger partial charge in [-0.3, -0.25) is 0 Å². The van der Waals surface area contributed by atoms with E-state index < -0.39 is 35.2 Å². The highest BCUT2D eigenvalue weighted by molar-refractivity contribution is 5.69. The van der Waals surface area contributed by atoms with E-state index in [1.807, 2.05) is 0 Å². The molecule has 1 fully saturated rings. The number of alkyl halides is 2. The summed E-state index contributed by atoms with van der Waals surface area (Å²) in [6.45, 7) is 9.25. The number of ether oxygens (including phenoxy) is 3. The summed E-state index contributed by atoms with van der Waals surface area (Å²) in [6.07, 6.45) is 1.11. The molecule has 0 bridgehead atoms. The smallest absolute Gasteiger partial charge is 0.400 e. The van der Waals surface area contributed by atoms with Crippen molar-refractivity contribution in [3.8, 4) is 22.6 Å². The molecular formula is C30H31F5O3. The molecule has 1 heterocycles. The van der Waals surface area contributed by atoms with Crippen molar-refractivity contribution in [1.29, 1.82) is 0 Å². The first-order chi connectivity index (χ1) is 18.1. The number of hydrogen-bond donors (Lipinski definition) is 0. The molecule has 204 valence electrons. The van der Waals surface area contributed by atoms with Gasteiger partial charge in [0, 0.05) is 17.5 Å². The average molecular weight is 535 g/mol. The van der Waals surface area contributed by atoms with E-state index in [0.717, 1.165) is 25.7 Å². The number of hydrogen-bond acceptors (Lipinski definition) is 3. The van der Waals surface area contributed by atoms with Gasteiger partial charge in [0.1, 0.15) is 5.75 Å². The van der Waals surface area contributed by atoms with E-state index in [0.29, 0.717) is 18.8 Å². The molecule has 0 radical (unpaired) electrons. The number of benzene rings is 2. The Morgan fingerprint density at radius 2 is 1.74 bits per heavy atom. The zero-order chi connectivity index (χ0) is 27.6. The van der Waals surface area contributed by atoms with Crippen LogP contribution in [0.4, 0.5) is 22.0 Å². The van der Waals surface area contributed by atoms with Gasteiger partial charge in [-0.1, -0.05) is 45.1 Å². The van der Waals surface area contributed by atoms with Crippen LogP contribution in [-0.2, 0) is 11.2 Å². The van der Waals surface area contributed by atoms with Gasteiger partial charge in [0.15, 0.2) is 23.1 Å². The Hall–Kier alpha value is -3.29. The molecule has 2 aliphatic rings. The number of methoxy groups -OCH3 is 1. The molecule has 2 aromatic rings. The highest BCUT2D eigenvalue weighted by Crippen LogP contribution is 2.43. The van der Waals surface area contributed by atoms with Crippen molar-refractivity contribution in [1.82, 2.24) is 0 Å². The largest absolute Gasteiger partial charge is 0.494 e. The lowest BCUT2D eigenvalue weighted by Gasteiger charge is -2.33. The number of rotatable bonds is 8. The summed E-state index contributed by atoms with van der Waals surface area (Å²) in [5.41, 5.74) is 0.610. The summed E-state index contributed by atoms with van der Waals surface area (Å²) in [4.78, 5) is 0. The molecule has 4 rings (SSSR count). The summed E-state index contributed by atoms with van der Waals surface area (Å²) in [6, 6.07) is 6.77. The molecule has 1 aliphatic heterocycles. The summed E-state index contributed by atoms with van der Waals surface area (Å²) in [7, 11) is 1.21. The average Bonchev–Trinajstić information content (AvgIpc) is 2.90. The van der Waals surface area contributed by atoms with Crippen LogP contribution in [0, 0.1) is 23.5 Å². The van der Waals surface area contributed by atoms with E-state index in [4.69, 9.17) is 14.2 Å². The highest BCUT2D eigenvalue weighted by atomic mass is 19.3. The second kappa shape index (κ2) is 11.2. The molecule has 38 heavy (non-hydrogen) atoms. The van der Waals surface area contributed by atoms with Crippen molar-refractivity contribution in [3.05, 3.63) is 83.6 Å². The third kappa shape index (κ3) is 5.59. The predicted molar refractivity (Wildman–Crippen MR) is 135 cm³/mol. The Kier molecular flexibility index (Phi) is 8.19. The second-order valence-corrected chi connectivity index (χ2v) is 9.89. The van der Waals surface area contributed by atoms with E-state index >= 15 is 8.78 Å². The molecule has 1 aliphatic carbocycles. The Morgan fingerprint density at radius 3 is 2.34 bits per heavy atom. The number of halogens is 5. The van der Waals surface area contributed by atoms with E-state index in [2.05, 4.69) is 20.1 Å². The van der Waals surface area contributed by atoms with Gasteiger partial charge in [-0.05, 0) is 60.9 Å². The minimum atomic E-state index is -3.33. The van der Waals surface area contributed by atoms with Crippen LogP contribution in [0.2, 0.25) is 0 Å². The molecule has 0 amide bonds. The van der Waals surface area contributed by atoms with Crippen molar-refractivity contribution >= 4 is 0 Å². The van der Waals surface area contributed by atoms with Gasteiger partial charge in [0.05, 0.1) is 13.0 Å². The fraction of sp³-hybridized carbons (Fsp3) is 0.400. The van der Waals surface area contributed by atoms with E-state index in [9.17, 15) is 13.2 Å². The molecule has 0 atom stereocenters. The Balaban J connectivity index is 1.53. The Morgan fingerprint density at radius 1 is 1.08 bits per heavy atom. The first kappa shape index (κ1) is 27.7. The van der Waals surface area contributed by atoms with Crippen LogP contribution < -0.4 is 9.47 Å². The van der Waals surface area contributed by atoms with Crippen molar-refractivity contribution in [3.63, 3.8) is 0 Å². The van der Waals surface area contributed by atoms with Gasteiger partial charge in [-0.25, -0.2) is 4.39 Å². The van der Waals surface area contributed by atoms with Gasteiger partial charge in [-0.2, -0.15) is 17.6 Å². The van der Waals surface area contributed by atoms with Gasteiger partial charge in [0.25, 0.3) is 0 Å². The first-order valence-electron chi connectivity index (χ1n) is 12.7. The van der Waals surface area contributed by atoms with Crippen LogP contribution >= 0.6 is 0 Å². The maximum absolute atomic E-state index is 15.0. The third-order valence-electron chi connectivity index (χ3n) is 7.30. The van der Waals surface area contributed by atoms with Crippen LogP contribution in [0.1, 0.15) is 51.0 Å². The van der Waals surface area contributed by atoms with E-state index in [1.54, 1.807) is 0 Å². The van der Waals surface area contributed by atoms with Crippen LogP contribution in [0.3, 0.4) is 0 Å². The fourth-order valence-electron chi connectivity index (χ4n) is 5.15. The van der Waals surface area contributed by atoms with Crippen LogP contribution in [0.25, 0.3) is 11.1 Å². The highest BCUT2D eigenvalue weighted by Gasteiger charge is 2.43. The summed E-state index contributed by atoms with van der Waals surface area (Å²) < 4.78 is 89.4. The van der Waals surface area contributed by atoms with Crippen molar-refractivity contribution in [2.45, 2.75) is 58.0 Å². The fourth-order valence-corrected chi connectivity index (χ4v) is 5.15. The predicted octanol–water partition coefficient (Wildman–Crippen LogP) is 9.04. The zero-order valence-corrected chi connectivity index (χ0v) is 21.5. The van der Waals surface area contributed by atoms with Crippen LogP contribution in [0.5, 0.6) is 11.5 Å². The lowest BCUT2D eigenvalue weighted by Crippen LogP contribution is -2.37. The molecule has 2 aromatic carbocycles. The lowest BCUT2D eigenvalue weighted by atomic mass is 9.79. The minimum Gasteiger partial charge on any atom is -0.494 e. The monoisotopic (exact) mass is 534 g/mol. The lowest BCUT2D eigenvalue weighted by molar-refractivity contribution is -0.223. The third-order valence-corrected chi connectivity index (χ3v) is 7.30. The molecule has 3 nitrogen and oxygen atoms in total. The van der Waals surface area contributed by atoms with Crippen molar-refractivity contribution in [2.75, 3.05) is 7.11 Å². The van der Waals surface area contributed by atoms with Crippen LogP contribution in [0.15, 0.2) is 66.4 Å². The van der Waals surface area contributed by atoms with Gasteiger partial charge >= 0.3 is 6.11 Å². The normalized spacial score (nSPS) is 20.9. The first-order valence-corrected chi connectivity index (χ1v) is 12.7. The molecule has 1 saturated carbocycles. The molecule has 0 saturated heterocycles. The molecule has 0 unspecified atom stereocenters. The molecule has 0 spiro atoms. The topological polar surface area (TPSA) is 27.7 Å². The number of allylic oxidation sites excluding steroid dienone is 2. The van der Waals surface area contributed by atoms with E-state index in [1.165, 1.54) is 37.4 Å². The second-order valence-electron chi connectivity index (χ2n) is 9.89. The SMILES string of the molecule is C=C(OC)/C(F)=C1/Oc2c(cc(-c3ccc(OC(F)(F)C4CCC(CCC)CC4)cc3)c(F)c2F)CC1=C. The maximum atomic E-state index is 15.0. The van der Waals surface area contributed by atoms with E-state index in [-0.39, 0.29) is 46.0 Å². The number of fused-ring (bicyclic) bond motifs is 1. The minimum absolute atomic E-state index is 0.00675. The molecular weight excluding hydrogens is 503 g/mol. The zero-order valence-electron chi connectivity index (χ0n) is 21.5. The standard InChI is InChI=1S/C30H31F5O3/c1-5-6-19-7-11-22(12-8-19)30(34,35)38-23-13-9-20(10-14-23)24-16-21-15-17(2)28(25(31)18(3)36-4)37-29(21)27(33)26(24)32/h9-10,13-14,16,19,22H,2-3,5-8,11-12,15H2,1,4H3/b28-25-. The van der Waals surface area contributed by atoms with Crippen LogP contribution in [-0.4, -0.2) is 13.2 Å². The molecule has 8 heteroatoms. The molecule has 0 aromatic heterocycles. The maximum Gasteiger partial charge on any atom is 0.400 e. The summed E-state index contributed by atoms with van der Waals surface area (Å²) in [5, 5.41) is 0. The van der Waals surface area contributed by atoms with Crippen molar-refractivity contribution < 1.29 is 36.2 Å². The van der Waals surface area contributed by atoms with Crippen molar-refractivity contribution in [2.24, 2.45) is 11.8 Å². The van der Waals surface area contributed by atoms with Gasteiger partial charge in [0.2, 0.25) is 11.6 Å². The van der Waals surface area contributed by atoms with Gasteiger partial charge in [-0.15, -0.1) is 0 Å². The summed E-state index contributed by atoms with van der Waals surface area (Å²) in [5.74, 6) is -5.08. The quantitative estimate of drug-likeness (QED) is 0.250. The van der Waals surface area contributed by atoms with Gasteiger partial charge < -0.3 is 14.2 Å². The molecule has 0 N–H and O–H groups in total.